The summed E-state index contributed by atoms with van der Waals surface area (Å²) >= 11 is 6.18. The fourth-order valence-corrected chi connectivity index (χ4v) is 4.12. The molecular weight excluding hydrogens is 470 g/mol. The number of hydrogen-bond donors (Lipinski definition) is 0. The van der Waals surface area contributed by atoms with Crippen LogP contribution in [-0.2, 0) is 20.9 Å². The summed E-state index contributed by atoms with van der Waals surface area (Å²) in [4.78, 5) is 38.7. The number of hydrogen-bond acceptors (Lipinski definition) is 6. The highest BCUT2D eigenvalue weighted by Gasteiger charge is 2.36. The van der Waals surface area contributed by atoms with Crippen molar-refractivity contribution in [1.82, 2.24) is 0 Å². The monoisotopic (exact) mass is 491 g/mol. The molecule has 0 saturated carbocycles. The number of esters is 1. The molecular formula is C27H22ClNO6. The number of anilines is 1. The molecule has 1 amide bonds. The maximum atomic E-state index is 13.5. The van der Waals surface area contributed by atoms with Crippen molar-refractivity contribution in [3.05, 3.63) is 94.0 Å². The van der Waals surface area contributed by atoms with Gasteiger partial charge in [-0.2, -0.15) is 0 Å². The van der Waals surface area contributed by atoms with Gasteiger partial charge in [-0.15, -0.1) is 0 Å². The molecule has 0 aromatic heterocycles. The van der Waals surface area contributed by atoms with E-state index in [0.717, 1.165) is 5.56 Å². The maximum Gasteiger partial charge on any atom is 0.415 e. The SMILES string of the molecule is COc1ccc([C@@H]2C(C=O)=Cc3cc(Cl)ccc3N2C(=O)OCc2ccccc2)cc1OC(C)=O. The third kappa shape index (κ3) is 5.20. The molecule has 0 radical (unpaired) electrons. The molecule has 1 heterocycles. The van der Waals surface area contributed by atoms with Crippen LogP contribution in [0.2, 0.25) is 5.02 Å². The second kappa shape index (κ2) is 10.4. The van der Waals surface area contributed by atoms with E-state index in [2.05, 4.69) is 0 Å². The van der Waals surface area contributed by atoms with Crippen molar-refractivity contribution < 1.29 is 28.6 Å². The molecule has 0 N–H and O–H groups in total. The number of carbonyl (C=O) groups is 3. The first-order valence-corrected chi connectivity index (χ1v) is 11.1. The molecule has 1 aliphatic heterocycles. The number of rotatable bonds is 6. The summed E-state index contributed by atoms with van der Waals surface area (Å²) in [6, 6.07) is 18.3. The highest BCUT2D eigenvalue weighted by molar-refractivity contribution is 6.31. The van der Waals surface area contributed by atoms with Gasteiger partial charge < -0.3 is 14.2 Å². The highest BCUT2D eigenvalue weighted by Crippen LogP contribution is 2.43. The van der Waals surface area contributed by atoms with Gasteiger partial charge in [0.05, 0.1) is 18.8 Å². The average molecular weight is 492 g/mol. The van der Waals surface area contributed by atoms with Crippen LogP contribution in [0.15, 0.2) is 72.3 Å². The van der Waals surface area contributed by atoms with Crippen LogP contribution in [0.4, 0.5) is 10.5 Å². The van der Waals surface area contributed by atoms with Crippen LogP contribution in [0.25, 0.3) is 6.08 Å². The predicted octanol–water partition coefficient (Wildman–Crippen LogP) is 5.75. The second-order valence-corrected chi connectivity index (χ2v) is 8.22. The van der Waals surface area contributed by atoms with E-state index in [9.17, 15) is 14.4 Å². The first-order chi connectivity index (χ1) is 16.9. The zero-order valence-electron chi connectivity index (χ0n) is 19.1. The molecule has 35 heavy (non-hydrogen) atoms. The van der Waals surface area contributed by atoms with Crippen molar-refractivity contribution in [1.29, 1.82) is 0 Å². The van der Waals surface area contributed by atoms with Gasteiger partial charge in [0, 0.05) is 23.1 Å². The third-order valence-corrected chi connectivity index (χ3v) is 5.68. The Labute approximate surface area is 207 Å². The highest BCUT2D eigenvalue weighted by atomic mass is 35.5. The van der Waals surface area contributed by atoms with Gasteiger partial charge in [0.2, 0.25) is 0 Å². The zero-order valence-corrected chi connectivity index (χ0v) is 19.8. The van der Waals surface area contributed by atoms with E-state index >= 15 is 0 Å². The number of ether oxygens (including phenoxy) is 3. The lowest BCUT2D eigenvalue weighted by molar-refractivity contribution is -0.132. The standard InChI is InChI=1S/C27H22ClNO6/c1-17(31)35-25-14-19(8-11-24(25)33-2)26-21(15-30)12-20-13-22(28)9-10-23(20)29(26)27(32)34-16-18-6-4-3-5-7-18/h3-15,26H,16H2,1-2H3/t26-/m1/s1. The van der Waals surface area contributed by atoms with E-state index in [1.807, 2.05) is 30.3 Å². The molecule has 0 fully saturated rings. The Morgan fingerprint density at radius 3 is 2.49 bits per heavy atom. The van der Waals surface area contributed by atoms with Crippen LogP contribution in [-0.4, -0.2) is 25.5 Å². The molecule has 1 atom stereocenters. The average Bonchev–Trinajstić information content (AvgIpc) is 2.86. The Kier molecular flexibility index (Phi) is 7.17. The molecule has 7 nitrogen and oxygen atoms in total. The molecule has 1 aliphatic rings. The normalized spacial score (nSPS) is 14.4. The van der Waals surface area contributed by atoms with Gasteiger partial charge >= 0.3 is 12.1 Å². The van der Waals surface area contributed by atoms with Crippen molar-refractivity contribution in [2.75, 3.05) is 12.0 Å². The molecule has 0 bridgehead atoms. The quantitative estimate of drug-likeness (QED) is 0.248. The number of methoxy groups -OCH3 is 1. The molecule has 3 aromatic carbocycles. The Hall–Kier alpha value is -4.10. The Morgan fingerprint density at radius 2 is 1.80 bits per heavy atom. The van der Waals surface area contributed by atoms with E-state index in [-0.39, 0.29) is 12.4 Å². The van der Waals surface area contributed by atoms with Gasteiger partial charge in [-0.1, -0.05) is 48.0 Å². The number of carbonyl (C=O) groups excluding carboxylic acids is 3. The summed E-state index contributed by atoms with van der Waals surface area (Å²) in [6.07, 6.45) is 1.71. The number of halogens is 1. The summed E-state index contributed by atoms with van der Waals surface area (Å²) in [6.45, 7) is 1.32. The topological polar surface area (TPSA) is 82.1 Å². The first-order valence-electron chi connectivity index (χ1n) is 10.7. The summed E-state index contributed by atoms with van der Waals surface area (Å²) in [5, 5.41) is 0.461. The predicted molar refractivity (Wildman–Crippen MR) is 132 cm³/mol. The molecule has 0 unspecified atom stereocenters. The minimum Gasteiger partial charge on any atom is -0.493 e. The lowest BCUT2D eigenvalue weighted by Gasteiger charge is -2.36. The number of nitrogens with zero attached hydrogens (tertiary/aromatic N) is 1. The minimum absolute atomic E-state index is 0.0489. The lowest BCUT2D eigenvalue weighted by atomic mass is 9.91. The van der Waals surface area contributed by atoms with Crippen LogP contribution in [0, 0.1) is 0 Å². The van der Waals surface area contributed by atoms with Gasteiger partial charge in [0.1, 0.15) is 12.9 Å². The zero-order chi connectivity index (χ0) is 24.9. The molecule has 8 heteroatoms. The van der Waals surface area contributed by atoms with Crippen LogP contribution in [0.3, 0.4) is 0 Å². The molecule has 0 saturated heterocycles. The molecule has 0 spiro atoms. The van der Waals surface area contributed by atoms with E-state index < -0.39 is 18.1 Å². The molecule has 3 aromatic rings. The fourth-order valence-electron chi connectivity index (χ4n) is 3.94. The summed E-state index contributed by atoms with van der Waals surface area (Å²) in [5.41, 5.74) is 2.76. The summed E-state index contributed by atoms with van der Waals surface area (Å²) < 4.78 is 16.2. The molecule has 178 valence electrons. The van der Waals surface area contributed by atoms with Gasteiger partial charge in [0.25, 0.3) is 0 Å². The Balaban J connectivity index is 1.80. The number of benzene rings is 3. The minimum atomic E-state index is -0.843. The maximum absolute atomic E-state index is 13.5. The van der Waals surface area contributed by atoms with Crippen molar-refractivity contribution in [2.24, 2.45) is 0 Å². The van der Waals surface area contributed by atoms with Gasteiger partial charge in [-0.25, -0.2) is 4.79 Å². The fraction of sp³-hybridized carbons (Fsp3) is 0.148. The van der Waals surface area contributed by atoms with Crippen molar-refractivity contribution in [3.63, 3.8) is 0 Å². The number of aldehydes is 1. The summed E-state index contributed by atoms with van der Waals surface area (Å²) in [7, 11) is 1.45. The molecule has 4 rings (SSSR count). The van der Waals surface area contributed by atoms with Gasteiger partial charge in [-0.3, -0.25) is 14.5 Å². The smallest absolute Gasteiger partial charge is 0.415 e. The van der Waals surface area contributed by atoms with Crippen LogP contribution < -0.4 is 14.4 Å². The third-order valence-electron chi connectivity index (χ3n) is 5.44. The lowest BCUT2D eigenvalue weighted by Crippen LogP contribution is -2.39. The van der Waals surface area contributed by atoms with E-state index in [4.69, 9.17) is 25.8 Å². The molecule has 0 aliphatic carbocycles. The van der Waals surface area contributed by atoms with Crippen LogP contribution >= 0.6 is 11.6 Å². The number of fused-ring (bicyclic) bond motifs is 1. The summed E-state index contributed by atoms with van der Waals surface area (Å²) in [5.74, 6) is -0.0293. The van der Waals surface area contributed by atoms with Crippen molar-refractivity contribution >= 4 is 41.7 Å². The largest absolute Gasteiger partial charge is 0.493 e. The Morgan fingerprint density at radius 1 is 1.03 bits per heavy atom. The van der Waals surface area contributed by atoms with E-state index in [1.165, 1.54) is 18.9 Å². The van der Waals surface area contributed by atoms with Gasteiger partial charge in [-0.05, 0) is 47.5 Å². The first kappa shape index (κ1) is 24.0. The van der Waals surface area contributed by atoms with E-state index in [1.54, 1.807) is 42.5 Å². The van der Waals surface area contributed by atoms with Crippen LogP contribution in [0.1, 0.15) is 29.7 Å². The number of amides is 1. The van der Waals surface area contributed by atoms with Crippen molar-refractivity contribution in [2.45, 2.75) is 19.6 Å². The van der Waals surface area contributed by atoms with E-state index in [0.29, 0.717) is 39.4 Å². The van der Waals surface area contributed by atoms with Crippen LogP contribution in [0.5, 0.6) is 11.5 Å². The van der Waals surface area contributed by atoms with Gasteiger partial charge in [0.15, 0.2) is 11.5 Å². The second-order valence-electron chi connectivity index (χ2n) is 7.78. The Bertz CT molecular complexity index is 1300. The van der Waals surface area contributed by atoms with Crippen molar-refractivity contribution in [3.8, 4) is 11.5 Å².